The van der Waals surface area contributed by atoms with Gasteiger partial charge in [0.05, 0.1) is 29.8 Å². The maximum absolute atomic E-state index is 14.4. The lowest BCUT2D eigenvalue weighted by molar-refractivity contribution is 0.0996. The van der Waals surface area contributed by atoms with Gasteiger partial charge >= 0.3 is 0 Å². The molecule has 0 aliphatic carbocycles. The van der Waals surface area contributed by atoms with Gasteiger partial charge in [0.1, 0.15) is 11.6 Å². The lowest BCUT2D eigenvalue weighted by Crippen LogP contribution is -2.27. The van der Waals surface area contributed by atoms with Crippen LogP contribution in [0.1, 0.15) is 22.8 Å². The summed E-state index contributed by atoms with van der Waals surface area (Å²) in [5, 5.41) is 0. The van der Waals surface area contributed by atoms with Crippen molar-refractivity contribution >= 4 is 23.5 Å². The average molecular weight is 359 g/mol. The first-order valence-electron chi connectivity index (χ1n) is 8.37. The molecule has 0 N–H and O–H groups in total. The van der Waals surface area contributed by atoms with Crippen molar-refractivity contribution in [2.75, 3.05) is 32.1 Å². The molecule has 0 bridgehead atoms. The van der Waals surface area contributed by atoms with Crippen molar-refractivity contribution in [2.45, 2.75) is 13.8 Å². The molecule has 138 valence electrons. The van der Waals surface area contributed by atoms with Crippen molar-refractivity contribution in [3.05, 3.63) is 59.2 Å². The molecule has 0 unspecified atom stereocenters. The van der Waals surface area contributed by atoms with E-state index >= 15 is 0 Å². The second-order valence-electron chi connectivity index (χ2n) is 6.17. The lowest BCUT2D eigenvalue weighted by atomic mass is 10.0. The summed E-state index contributed by atoms with van der Waals surface area (Å²) in [6.07, 6.45) is 1.62. The SMILES string of the molecule is CCN(C)C=Nc1cc(F)c(C(=O)CN(C)c2ccccc2F)cc1C. The highest BCUT2D eigenvalue weighted by Crippen LogP contribution is 2.24. The van der Waals surface area contributed by atoms with Crippen LogP contribution >= 0.6 is 0 Å². The number of Topliss-reactive ketones (excluding diaryl/α,β-unsaturated/α-hetero) is 1. The van der Waals surface area contributed by atoms with Crippen molar-refractivity contribution in [3.63, 3.8) is 0 Å². The molecule has 0 saturated heterocycles. The first-order valence-corrected chi connectivity index (χ1v) is 8.37. The zero-order valence-electron chi connectivity index (χ0n) is 15.5. The summed E-state index contributed by atoms with van der Waals surface area (Å²) in [6, 6.07) is 8.90. The fourth-order valence-electron chi connectivity index (χ4n) is 2.41. The van der Waals surface area contributed by atoms with Gasteiger partial charge in [0.25, 0.3) is 0 Å². The number of benzene rings is 2. The van der Waals surface area contributed by atoms with Crippen molar-refractivity contribution in [1.29, 1.82) is 0 Å². The van der Waals surface area contributed by atoms with E-state index in [0.717, 1.165) is 6.54 Å². The fraction of sp³-hybridized carbons (Fsp3) is 0.300. The van der Waals surface area contributed by atoms with Gasteiger partial charge in [-0.1, -0.05) is 12.1 Å². The first kappa shape index (κ1) is 19.6. The van der Waals surface area contributed by atoms with E-state index in [1.54, 1.807) is 38.5 Å². The quantitative estimate of drug-likeness (QED) is 0.422. The van der Waals surface area contributed by atoms with Crippen LogP contribution in [0.25, 0.3) is 0 Å². The number of aliphatic imine (C=N–C) groups is 1. The van der Waals surface area contributed by atoms with E-state index in [0.29, 0.717) is 16.9 Å². The number of hydrogen-bond acceptors (Lipinski definition) is 3. The summed E-state index contributed by atoms with van der Waals surface area (Å²) in [5.41, 5.74) is 1.45. The van der Waals surface area contributed by atoms with E-state index < -0.39 is 17.4 Å². The van der Waals surface area contributed by atoms with Gasteiger partial charge in [0.2, 0.25) is 0 Å². The summed E-state index contributed by atoms with van der Waals surface area (Å²) in [5.74, 6) is -1.48. The van der Waals surface area contributed by atoms with Gasteiger partial charge in [-0.2, -0.15) is 0 Å². The molecule has 0 aliphatic heterocycles. The van der Waals surface area contributed by atoms with Gasteiger partial charge in [-0.25, -0.2) is 13.8 Å². The summed E-state index contributed by atoms with van der Waals surface area (Å²) in [6.45, 7) is 4.41. The molecule has 2 aromatic rings. The molecule has 6 heteroatoms. The molecule has 0 atom stereocenters. The van der Waals surface area contributed by atoms with E-state index in [2.05, 4.69) is 4.99 Å². The first-order chi connectivity index (χ1) is 12.3. The smallest absolute Gasteiger partial charge is 0.185 e. The van der Waals surface area contributed by atoms with Crippen LogP contribution < -0.4 is 4.90 Å². The molecule has 2 rings (SSSR count). The van der Waals surface area contributed by atoms with Gasteiger partial charge in [0.15, 0.2) is 5.78 Å². The van der Waals surface area contributed by atoms with Crippen molar-refractivity contribution in [1.82, 2.24) is 4.90 Å². The minimum atomic E-state index is -0.631. The maximum Gasteiger partial charge on any atom is 0.185 e. The number of nitrogens with zero attached hydrogens (tertiary/aromatic N) is 3. The van der Waals surface area contributed by atoms with E-state index in [1.165, 1.54) is 23.1 Å². The number of anilines is 1. The minimum Gasteiger partial charge on any atom is -0.366 e. The molecule has 0 aliphatic rings. The predicted molar refractivity (Wildman–Crippen MR) is 102 cm³/mol. The van der Waals surface area contributed by atoms with Gasteiger partial charge in [-0.3, -0.25) is 4.79 Å². The molecular weight excluding hydrogens is 336 g/mol. The Labute approximate surface area is 152 Å². The second kappa shape index (κ2) is 8.56. The number of rotatable bonds is 7. The Morgan fingerprint density at radius 1 is 1.15 bits per heavy atom. The summed E-state index contributed by atoms with van der Waals surface area (Å²) >= 11 is 0. The number of carbonyl (C=O) groups excluding carboxylic acids is 1. The van der Waals surface area contributed by atoms with Crippen LogP contribution in [-0.4, -0.2) is 44.2 Å². The predicted octanol–water partition coefficient (Wildman–Crippen LogP) is 4.20. The largest absolute Gasteiger partial charge is 0.366 e. The molecular formula is C20H23F2N3O. The molecule has 0 radical (unpaired) electrons. The van der Waals surface area contributed by atoms with Crippen LogP contribution in [0, 0.1) is 18.6 Å². The number of carbonyl (C=O) groups is 1. The normalized spacial score (nSPS) is 11.0. The van der Waals surface area contributed by atoms with Crippen LogP contribution in [0.15, 0.2) is 41.4 Å². The Balaban J connectivity index is 2.20. The van der Waals surface area contributed by atoms with E-state index in [1.807, 2.05) is 18.9 Å². The van der Waals surface area contributed by atoms with Crippen LogP contribution in [0.4, 0.5) is 20.2 Å². The number of hydrogen-bond donors (Lipinski definition) is 0. The molecule has 0 saturated carbocycles. The van der Waals surface area contributed by atoms with Gasteiger partial charge in [-0.05, 0) is 37.6 Å². The summed E-state index contributed by atoms with van der Waals surface area (Å²) in [7, 11) is 3.46. The number of para-hydroxylation sites is 1. The highest BCUT2D eigenvalue weighted by Gasteiger charge is 2.17. The lowest BCUT2D eigenvalue weighted by Gasteiger charge is -2.19. The van der Waals surface area contributed by atoms with Crippen molar-refractivity contribution < 1.29 is 13.6 Å². The van der Waals surface area contributed by atoms with Crippen molar-refractivity contribution in [2.24, 2.45) is 4.99 Å². The topological polar surface area (TPSA) is 35.9 Å². The Hall–Kier alpha value is -2.76. The Kier molecular flexibility index (Phi) is 6.44. The zero-order chi connectivity index (χ0) is 19.3. The molecule has 0 amide bonds. The Morgan fingerprint density at radius 3 is 2.50 bits per heavy atom. The third-order valence-electron chi connectivity index (χ3n) is 4.12. The van der Waals surface area contributed by atoms with Gasteiger partial charge < -0.3 is 9.80 Å². The van der Waals surface area contributed by atoms with Crippen molar-refractivity contribution in [3.8, 4) is 0 Å². The Bertz CT molecular complexity index is 821. The molecule has 0 aromatic heterocycles. The van der Waals surface area contributed by atoms with Crippen LogP contribution in [0.2, 0.25) is 0 Å². The van der Waals surface area contributed by atoms with E-state index in [9.17, 15) is 13.6 Å². The molecule has 4 nitrogen and oxygen atoms in total. The Morgan fingerprint density at radius 2 is 1.85 bits per heavy atom. The molecule has 0 spiro atoms. The number of aryl methyl sites for hydroxylation is 1. The number of ketones is 1. The fourth-order valence-corrected chi connectivity index (χ4v) is 2.41. The monoisotopic (exact) mass is 359 g/mol. The number of halogens is 2. The third kappa shape index (κ3) is 4.65. The highest BCUT2D eigenvalue weighted by molar-refractivity contribution is 6.00. The zero-order valence-corrected chi connectivity index (χ0v) is 15.5. The van der Waals surface area contributed by atoms with Gasteiger partial charge in [-0.15, -0.1) is 0 Å². The van der Waals surface area contributed by atoms with Gasteiger partial charge in [0, 0.05) is 26.7 Å². The third-order valence-corrected chi connectivity index (χ3v) is 4.12. The molecule has 26 heavy (non-hydrogen) atoms. The van der Waals surface area contributed by atoms with E-state index in [4.69, 9.17) is 0 Å². The summed E-state index contributed by atoms with van der Waals surface area (Å²) < 4.78 is 28.2. The number of likely N-dealkylation sites (N-methyl/N-ethyl adjacent to an activating group) is 1. The van der Waals surface area contributed by atoms with E-state index in [-0.39, 0.29) is 12.1 Å². The second-order valence-corrected chi connectivity index (χ2v) is 6.17. The van der Waals surface area contributed by atoms with Crippen LogP contribution in [0.3, 0.4) is 0 Å². The summed E-state index contributed by atoms with van der Waals surface area (Å²) in [4.78, 5) is 20.1. The maximum atomic E-state index is 14.4. The minimum absolute atomic E-state index is 0.0199. The molecule has 2 aromatic carbocycles. The molecule has 0 heterocycles. The van der Waals surface area contributed by atoms with Crippen LogP contribution in [-0.2, 0) is 0 Å². The van der Waals surface area contributed by atoms with Crippen LogP contribution in [0.5, 0.6) is 0 Å². The molecule has 0 fully saturated rings. The average Bonchev–Trinajstić information content (AvgIpc) is 2.61. The highest BCUT2D eigenvalue weighted by atomic mass is 19.1. The standard InChI is InChI=1S/C20H23F2N3O/c1-5-24(3)13-23-18-11-17(22)15(10-14(18)2)20(26)12-25(4)19-9-7-6-8-16(19)21/h6-11,13H,5,12H2,1-4H3.